The number of benzene rings is 2. The summed E-state index contributed by atoms with van der Waals surface area (Å²) in [5.41, 5.74) is 6.08. The van der Waals surface area contributed by atoms with Crippen LogP contribution in [-0.4, -0.2) is 22.6 Å². The Morgan fingerprint density at radius 3 is 2.43 bits per heavy atom. The van der Waals surface area contributed by atoms with Crippen LogP contribution in [0.2, 0.25) is 0 Å². The third kappa shape index (κ3) is 5.28. The molecule has 0 aliphatic rings. The first-order chi connectivity index (χ1) is 13.5. The quantitative estimate of drug-likeness (QED) is 0.634. The highest BCUT2D eigenvalue weighted by atomic mass is 16.4. The predicted molar refractivity (Wildman–Crippen MR) is 110 cm³/mol. The van der Waals surface area contributed by atoms with Gasteiger partial charge in [0.25, 0.3) is 0 Å². The van der Waals surface area contributed by atoms with Crippen molar-refractivity contribution >= 4 is 5.91 Å². The van der Waals surface area contributed by atoms with Crippen molar-refractivity contribution < 1.29 is 9.21 Å². The molecular formula is C23H27N3O2. The number of aryl methyl sites for hydroxylation is 4. The van der Waals surface area contributed by atoms with Gasteiger partial charge in [0.1, 0.15) is 0 Å². The molecule has 1 amide bonds. The van der Waals surface area contributed by atoms with E-state index in [-0.39, 0.29) is 5.91 Å². The minimum Gasteiger partial charge on any atom is -0.421 e. The maximum Gasteiger partial charge on any atom is 0.247 e. The highest BCUT2D eigenvalue weighted by molar-refractivity contribution is 5.75. The number of amides is 1. The van der Waals surface area contributed by atoms with Crippen molar-refractivity contribution in [2.24, 2.45) is 0 Å². The molecule has 0 unspecified atom stereocenters. The van der Waals surface area contributed by atoms with E-state index in [2.05, 4.69) is 48.4 Å². The van der Waals surface area contributed by atoms with Crippen molar-refractivity contribution in [1.82, 2.24) is 15.5 Å². The normalized spacial score (nSPS) is 10.8. The minimum absolute atomic E-state index is 0.0604. The van der Waals surface area contributed by atoms with Crippen molar-refractivity contribution in [3.8, 4) is 11.5 Å². The van der Waals surface area contributed by atoms with E-state index in [1.165, 1.54) is 22.3 Å². The molecule has 0 radical (unpaired) electrons. The van der Waals surface area contributed by atoms with Gasteiger partial charge in [-0.3, -0.25) is 4.79 Å². The molecule has 1 aromatic heterocycles. The number of carbonyl (C=O) groups excluding carboxylic acids is 1. The predicted octanol–water partition coefficient (Wildman–Crippen LogP) is 4.34. The average Bonchev–Trinajstić information content (AvgIpc) is 3.13. The Bertz CT molecular complexity index is 909. The zero-order chi connectivity index (χ0) is 19.9. The van der Waals surface area contributed by atoms with Crippen molar-refractivity contribution in [3.05, 3.63) is 70.6 Å². The Kier molecular flexibility index (Phi) is 6.58. The summed E-state index contributed by atoms with van der Waals surface area (Å²) in [4.78, 5) is 12.1. The largest absolute Gasteiger partial charge is 0.421 e. The molecule has 5 heteroatoms. The molecule has 0 aliphatic heterocycles. The average molecular weight is 377 g/mol. The molecule has 5 nitrogen and oxygen atoms in total. The maximum atomic E-state index is 12.1. The number of hydrogen-bond donors (Lipinski definition) is 1. The van der Waals surface area contributed by atoms with Crippen molar-refractivity contribution in [2.75, 3.05) is 6.54 Å². The van der Waals surface area contributed by atoms with Crippen LogP contribution in [0, 0.1) is 20.8 Å². The van der Waals surface area contributed by atoms with Crippen molar-refractivity contribution in [2.45, 2.75) is 46.5 Å². The summed E-state index contributed by atoms with van der Waals surface area (Å²) in [6.45, 7) is 7.02. The molecule has 0 bridgehead atoms. The van der Waals surface area contributed by atoms with Crippen LogP contribution in [0.5, 0.6) is 0 Å². The minimum atomic E-state index is 0.0604. The second-order valence-electron chi connectivity index (χ2n) is 7.20. The third-order valence-electron chi connectivity index (χ3n) is 4.82. The molecule has 3 aromatic rings. The van der Waals surface area contributed by atoms with E-state index in [1.807, 2.05) is 30.3 Å². The molecule has 146 valence electrons. The van der Waals surface area contributed by atoms with Gasteiger partial charge >= 0.3 is 0 Å². The number of aromatic nitrogens is 2. The fourth-order valence-electron chi connectivity index (χ4n) is 3.47. The summed E-state index contributed by atoms with van der Waals surface area (Å²) >= 11 is 0. The molecule has 1 heterocycles. The Balaban J connectivity index is 1.40. The first-order valence-electron chi connectivity index (χ1n) is 9.74. The monoisotopic (exact) mass is 377 g/mol. The molecule has 0 spiro atoms. The third-order valence-corrected chi connectivity index (χ3v) is 4.82. The molecule has 2 aromatic carbocycles. The number of hydrogen-bond acceptors (Lipinski definition) is 4. The zero-order valence-electron chi connectivity index (χ0n) is 16.8. The summed E-state index contributed by atoms with van der Waals surface area (Å²) in [5.74, 6) is 1.15. The van der Waals surface area contributed by atoms with Gasteiger partial charge in [-0.25, -0.2) is 0 Å². The lowest BCUT2D eigenvalue weighted by Crippen LogP contribution is -2.25. The summed E-state index contributed by atoms with van der Waals surface area (Å²) in [6, 6.07) is 14.1. The Labute approximate surface area is 166 Å². The number of nitrogens with one attached hydrogen (secondary N) is 1. The van der Waals surface area contributed by atoms with Gasteiger partial charge in [-0.15, -0.1) is 10.2 Å². The highest BCUT2D eigenvalue weighted by Crippen LogP contribution is 2.18. The Hall–Kier alpha value is -2.95. The van der Waals surface area contributed by atoms with Gasteiger partial charge in [0, 0.05) is 24.9 Å². The lowest BCUT2D eigenvalue weighted by Gasteiger charge is -2.12. The summed E-state index contributed by atoms with van der Waals surface area (Å²) < 4.78 is 5.67. The first kappa shape index (κ1) is 19.8. The molecule has 0 atom stereocenters. The Morgan fingerprint density at radius 2 is 1.71 bits per heavy atom. The number of carbonyl (C=O) groups is 1. The van der Waals surface area contributed by atoms with Crippen molar-refractivity contribution in [1.29, 1.82) is 0 Å². The number of nitrogens with zero attached hydrogens (tertiary/aromatic N) is 2. The van der Waals surface area contributed by atoms with E-state index in [9.17, 15) is 4.79 Å². The van der Waals surface area contributed by atoms with Gasteiger partial charge in [-0.05, 0) is 62.4 Å². The zero-order valence-corrected chi connectivity index (χ0v) is 16.8. The fourth-order valence-corrected chi connectivity index (χ4v) is 3.47. The topological polar surface area (TPSA) is 68.0 Å². The van der Waals surface area contributed by atoms with Crippen LogP contribution in [-0.2, 0) is 17.6 Å². The van der Waals surface area contributed by atoms with Gasteiger partial charge in [0.05, 0.1) is 0 Å². The van der Waals surface area contributed by atoms with Crippen LogP contribution in [0.15, 0.2) is 46.9 Å². The maximum absolute atomic E-state index is 12.1. The highest BCUT2D eigenvalue weighted by Gasteiger charge is 2.10. The van der Waals surface area contributed by atoms with Crippen LogP contribution >= 0.6 is 0 Å². The van der Waals surface area contributed by atoms with Crippen LogP contribution in [0.25, 0.3) is 11.5 Å². The van der Waals surface area contributed by atoms with Crippen LogP contribution in [0.1, 0.15) is 41.0 Å². The first-order valence-corrected chi connectivity index (χ1v) is 9.74. The van der Waals surface area contributed by atoms with E-state index in [0.29, 0.717) is 37.6 Å². The van der Waals surface area contributed by atoms with Gasteiger partial charge in [-0.2, -0.15) is 0 Å². The fraction of sp³-hybridized carbons (Fsp3) is 0.348. The van der Waals surface area contributed by atoms with Gasteiger partial charge < -0.3 is 9.73 Å². The molecule has 3 rings (SSSR count). The van der Waals surface area contributed by atoms with E-state index < -0.39 is 0 Å². The standard InChI is InChI=1S/C23H27N3O2/c1-16-14-17(2)20(18(3)15-16)12-13-24-21(27)10-7-11-22-25-26-23(28-22)19-8-5-4-6-9-19/h4-6,8-9,14-15H,7,10-13H2,1-3H3,(H,24,27). The molecule has 0 aliphatic carbocycles. The molecule has 1 N–H and O–H groups in total. The van der Waals surface area contributed by atoms with E-state index >= 15 is 0 Å². The van der Waals surface area contributed by atoms with Gasteiger partial charge in [0.2, 0.25) is 17.7 Å². The lowest BCUT2D eigenvalue weighted by atomic mass is 9.97. The molecular weight excluding hydrogens is 350 g/mol. The summed E-state index contributed by atoms with van der Waals surface area (Å²) in [7, 11) is 0. The van der Waals surface area contributed by atoms with E-state index in [1.54, 1.807) is 0 Å². The molecule has 0 fully saturated rings. The van der Waals surface area contributed by atoms with E-state index in [4.69, 9.17) is 4.42 Å². The van der Waals surface area contributed by atoms with Crippen molar-refractivity contribution in [3.63, 3.8) is 0 Å². The smallest absolute Gasteiger partial charge is 0.247 e. The summed E-state index contributed by atoms with van der Waals surface area (Å²) in [5, 5.41) is 11.2. The van der Waals surface area contributed by atoms with Crippen LogP contribution < -0.4 is 5.32 Å². The van der Waals surface area contributed by atoms with E-state index in [0.717, 1.165) is 12.0 Å². The lowest BCUT2D eigenvalue weighted by molar-refractivity contribution is -0.121. The molecule has 28 heavy (non-hydrogen) atoms. The SMILES string of the molecule is Cc1cc(C)c(CCNC(=O)CCCc2nnc(-c3ccccc3)o2)c(C)c1. The Morgan fingerprint density at radius 1 is 1.00 bits per heavy atom. The molecule has 0 saturated carbocycles. The van der Waals surface area contributed by atoms with Crippen LogP contribution in [0.3, 0.4) is 0 Å². The van der Waals surface area contributed by atoms with Crippen LogP contribution in [0.4, 0.5) is 0 Å². The van der Waals surface area contributed by atoms with Gasteiger partial charge in [0.15, 0.2) is 0 Å². The molecule has 0 saturated heterocycles. The van der Waals surface area contributed by atoms with Gasteiger partial charge in [-0.1, -0.05) is 35.9 Å². The second kappa shape index (κ2) is 9.31. The summed E-state index contributed by atoms with van der Waals surface area (Å²) in [6.07, 6.45) is 2.59. The number of rotatable bonds is 8. The second-order valence-corrected chi connectivity index (χ2v) is 7.20.